The summed E-state index contributed by atoms with van der Waals surface area (Å²) in [6, 6.07) is 9.41. The number of hydrogen-bond donors (Lipinski definition) is 1. The minimum absolute atomic E-state index is 0.294. The van der Waals surface area contributed by atoms with Crippen molar-refractivity contribution in [1.29, 1.82) is 0 Å². The monoisotopic (exact) mass is 274 g/mol. The molecule has 1 heterocycles. The van der Waals surface area contributed by atoms with Crippen LogP contribution >= 0.6 is 12.2 Å². The molecule has 2 aromatic rings. The third-order valence-corrected chi connectivity index (χ3v) is 2.80. The summed E-state index contributed by atoms with van der Waals surface area (Å²) in [5.41, 5.74) is 7.32. The van der Waals surface area contributed by atoms with Gasteiger partial charge < -0.3 is 15.2 Å². The van der Waals surface area contributed by atoms with Gasteiger partial charge in [0.1, 0.15) is 23.1 Å². The van der Waals surface area contributed by atoms with E-state index in [1.165, 1.54) is 0 Å². The van der Waals surface area contributed by atoms with Crippen molar-refractivity contribution < 1.29 is 9.47 Å². The maximum absolute atomic E-state index is 5.70. The number of hydrogen-bond acceptors (Lipinski definition) is 4. The van der Waals surface area contributed by atoms with Gasteiger partial charge in [0.15, 0.2) is 0 Å². The molecule has 0 aliphatic carbocycles. The van der Waals surface area contributed by atoms with Crippen LogP contribution in [0.15, 0.2) is 42.7 Å². The molecule has 0 aliphatic heterocycles. The quantitative estimate of drug-likeness (QED) is 0.848. The number of ether oxygens (including phenoxy) is 2. The lowest BCUT2D eigenvalue weighted by Gasteiger charge is -2.10. The van der Waals surface area contributed by atoms with E-state index in [0.717, 1.165) is 11.3 Å². The Labute approximate surface area is 117 Å². The van der Waals surface area contributed by atoms with Crippen molar-refractivity contribution in [2.45, 2.75) is 6.61 Å². The highest BCUT2D eigenvalue weighted by Crippen LogP contribution is 2.19. The highest BCUT2D eigenvalue weighted by Gasteiger charge is 2.06. The smallest absolute Gasteiger partial charge is 0.148 e. The van der Waals surface area contributed by atoms with E-state index in [2.05, 4.69) is 4.98 Å². The van der Waals surface area contributed by atoms with E-state index in [1.54, 1.807) is 25.6 Å². The molecule has 0 aliphatic rings. The van der Waals surface area contributed by atoms with Gasteiger partial charge in [0.05, 0.1) is 18.9 Å². The second kappa shape index (κ2) is 6.15. The van der Waals surface area contributed by atoms with Gasteiger partial charge in [-0.2, -0.15) is 0 Å². The van der Waals surface area contributed by atoms with E-state index in [4.69, 9.17) is 27.4 Å². The Hall–Kier alpha value is -2.14. The molecule has 19 heavy (non-hydrogen) atoms. The van der Waals surface area contributed by atoms with Crippen LogP contribution in [-0.4, -0.2) is 17.1 Å². The van der Waals surface area contributed by atoms with Crippen LogP contribution in [0.1, 0.15) is 11.1 Å². The van der Waals surface area contributed by atoms with E-state index in [1.807, 2.05) is 24.3 Å². The molecule has 0 atom stereocenters. The highest BCUT2D eigenvalue weighted by atomic mass is 32.1. The van der Waals surface area contributed by atoms with Gasteiger partial charge in [-0.25, -0.2) is 0 Å². The summed E-state index contributed by atoms with van der Waals surface area (Å²) >= 11 is 4.97. The molecule has 0 saturated heterocycles. The highest BCUT2D eigenvalue weighted by molar-refractivity contribution is 7.80. The maximum atomic E-state index is 5.70. The Kier molecular flexibility index (Phi) is 4.30. The standard InChI is InChI=1S/C14H14N2O2S/c1-17-11-4-2-3-10(7-11)9-18-13-8-16-6-5-12(13)14(15)19/h2-8H,9H2,1H3,(H2,15,19). The van der Waals surface area contributed by atoms with Gasteiger partial charge in [-0.15, -0.1) is 0 Å². The Morgan fingerprint density at radius 1 is 1.37 bits per heavy atom. The van der Waals surface area contributed by atoms with E-state index in [9.17, 15) is 0 Å². The van der Waals surface area contributed by atoms with Crippen molar-refractivity contribution in [3.05, 3.63) is 53.9 Å². The van der Waals surface area contributed by atoms with E-state index in [0.29, 0.717) is 22.9 Å². The molecule has 1 aromatic heterocycles. The topological polar surface area (TPSA) is 57.4 Å². The number of pyridine rings is 1. The summed E-state index contributed by atoms with van der Waals surface area (Å²) < 4.78 is 10.9. The van der Waals surface area contributed by atoms with E-state index in [-0.39, 0.29) is 0 Å². The predicted octanol–water partition coefficient (Wildman–Crippen LogP) is 2.30. The fourth-order valence-corrected chi connectivity index (χ4v) is 1.79. The Bertz CT molecular complexity index is 587. The average molecular weight is 274 g/mol. The zero-order chi connectivity index (χ0) is 13.7. The molecule has 0 bridgehead atoms. The number of benzene rings is 1. The first kappa shape index (κ1) is 13.3. The molecule has 2 rings (SSSR count). The largest absolute Gasteiger partial charge is 0.497 e. The first-order valence-electron chi connectivity index (χ1n) is 5.70. The van der Waals surface area contributed by atoms with Crippen LogP contribution in [0.5, 0.6) is 11.5 Å². The van der Waals surface area contributed by atoms with Gasteiger partial charge in [-0.3, -0.25) is 4.98 Å². The molecule has 5 heteroatoms. The normalized spacial score (nSPS) is 9.95. The summed E-state index contributed by atoms with van der Waals surface area (Å²) in [5.74, 6) is 1.37. The average Bonchev–Trinajstić information content (AvgIpc) is 2.45. The van der Waals surface area contributed by atoms with Crippen molar-refractivity contribution in [3.8, 4) is 11.5 Å². The lowest BCUT2D eigenvalue weighted by atomic mass is 10.2. The molecule has 4 nitrogen and oxygen atoms in total. The van der Waals surface area contributed by atoms with Gasteiger partial charge in [0, 0.05) is 6.20 Å². The molecular weight excluding hydrogens is 260 g/mol. The van der Waals surface area contributed by atoms with Gasteiger partial charge in [0.25, 0.3) is 0 Å². The third-order valence-electron chi connectivity index (χ3n) is 2.58. The first-order chi connectivity index (χ1) is 9.20. The minimum atomic E-state index is 0.294. The number of methoxy groups -OCH3 is 1. The van der Waals surface area contributed by atoms with Gasteiger partial charge >= 0.3 is 0 Å². The number of nitrogens with two attached hydrogens (primary N) is 1. The summed E-state index contributed by atoms with van der Waals surface area (Å²) in [7, 11) is 1.63. The van der Waals surface area contributed by atoms with Crippen LogP contribution in [0.25, 0.3) is 0 Å². The summed E-state index contributed by atoms with van der Waals surface area (Å²) in [5, 5.41) is 0. The molecular formula is C14H14N2O2S. The van der Waals surface area contributed by atoms with Gasteiger partial charge in [0.2, 0.25) is 0 Å². The molecule has 1 aromatic carbocycles. The molecule has 98 valence electrons. The van der Waals surface area contributed by atoms with Crippen LogP contribution in [-0.2, 0) is 6.61 Å². The van der Waals surface area contributed by atoms with Gasteiger partial charge in [-0.05, 0) is 23.8 Å². The molecule has 0 unspecified atom stereocenters. The lowest BCUT2D eigenvalue weighted by Crippen LogP contribution is -2.12. The molecule has 0 radical (unpaired) electrons. The van der Waals surface area contributed by atoms with Crippen molar-refractivity contribution >= 4 is 17.2 Å². The van der Waals surface area contributed by atoms with Crippen molar-refractivity contribution in [2.75, 3.05) is 7.11 Å². The first-order valence-corrected chi connectivity index (χ1v) is 6.11. The second-order valence-electron chi connectivity index (χ2n) is 3.88. The van der Waals surface area contributed by atoms with Crippen molar-refractivity contribution in [2.24, 2.45) is 5.73 Å². The molecule has 0 saturated carbocycles. The lowest BCUT2D eigenvalue weighted by molar-refractivity contribution is 0.303. The fourth-order valence-electron chi connectivity index (χ4n) is 1.62. The summed E-state index contributed by atoms with van der Waals surface area (Å²) in [6.45, 7) is 0.401. The van der Waals surface area contributed by atoms with Crippen LogP contribution in [0, 0.1) is 0 Å². The molecule has 2 N–H and O–H groups in total. The zero-order valence-corrected chi connectivity index (χ0v) is 11.3. The molecule has 0 fully saturated rings. The molecule has 0 amide bonds. The Morgan fingerprint density at radius 2 is 2.21 bits per heavy atom. The van der Waals surface area contributed by atoms with Crippen LogP contribution < -0.4 is 15.2 Å². The maximum Gasteiger partial charge on any atom is 0.148 e. The summed E-state index contributed by atoms with van der Waals surface area (Å²) in [4.78, 5) is 4.30. The van der Waals surface area contributed by atoms with Crippen LogP contribution in [0.3, 0.4) is 0 Å². The number of thiocarbonyl (C=S) groups is 1. The summed E-state index contributed by atoms with van der Waals surface area (Å²) in [6.07, 6.45) is 3.24. The number of nitrogens with zero attached hydrogens (tertiary/aromatic N) is 1. The third kappa shape index (κ3) is 3.42. The zero-order valence-electron chi connectivity index (χ0n) is 10.5. The number of rotatable bonds is 5. The van der Waals surface area contributed by atoms with Crippen LogP contribution in [0.4, 0.5) is 0 Å². The predicted molar refractivity (Wildman–Crippen MR) is 77.5 cm³/mol. The van der Waals surface area contributed by atoms with E-state index < -0.39 is 0 Å². The Morgan fingerprint density at radius 3 is 2.95 bits per heavy atom. The second-order valence-corrected chi connectivity index (χ2v) is 4.32. The van der Waals surface area contributed by atoms with Crippen molar-refractivity contribution in [3.63, 3.8) is 0 Å². The minimum Gasteiger partial charge on any atom is -0.497 e. The van der Waals surface area contributed by atoms with Crippen LogP contribution in [0.2, 0.25) is 0 Å². The number of aromatic nitrogens is 1. The molecule has 0 spiro atoms. The Balaban J connectivity index is 2.12. The van der Waals surface area contributed by atoms with E-state index >= 15 is 0 Å². The van der Waals surface area contributed by atoms with Crippen molar-refractivity contribution in [1.82, 2.24) is 4.98 Å². The SMILES string of the molecule is COc1cccc(COc2cnccc2C(N)=S)c1. The van der Waals surface area contributed by atoms with Gasteiger partial charge in [-0.1, -0.05) is 24.4 Å². The fraction of sp³-hybridized carbons (Fsp3) is 0.143.